The minimum absolute atomic E-state index is 0.0117. The number of carbonyl (C=O) groups excluding carboxylic acids is 2. The molecule has 1 heterocycles. The Labute approximate surface area is 100 Å². The van der Waals surface area contributed by atoms with Gasteiger partial charge in [-0.2, -0.15) is 0 Å². The van der Waals surface area contributed by atoms with Crippen LogP contribution < -0.4 is 5.73 Å². The van der Waals surface area contributed by atoms with Crippen LogP contribution in [-0.4, -0.2) is 29.8 Å². The van der Waals surface area contributed by atoms with Gasteiger partial charge in [-0.1, -0.05) is 37.3 Å². The molecule has 0 aromatic heterocycles. The van der Waals surface area contributed by atoms with Crippen LogP contribution in [0.25, 0.3) is 0 Å². The molecule has 4 heteroatoms. The Morgan fingerprint density at radius 1 is 1.41 bits per heavy atom. The van der Waals surface area contributed by atoms with Crippen LogP contribution in [0.1, 0.15) is 18.4 Å². The number of rotatable bonds is 3. The molecule has 0 aliphatic carbocycles. The summed E-state index contributed by atoms with van der Waals surface area (Å²) in [5.74, 6) is -0.378. The predicted molar refractivity (Wildman–Crippen MR) is 64.1 cm³/mol. The predicted octanol–water partition coefficient (Wildman–Crippen LogP) is 0.734. The van der Waals surface area contributed by atoms with Crippen molar-refractivity contribution in [2.24, 2.45) is 11.7 Å². The summed E-state index contributed by atoms with van der Waals surface area (Å²) in [4.78, 5) is 24.4. The van der Waals surface area contributed by atoms with Gasteiger partial charge >= 0.3 is 0 Å². The molecule has 2 atom stereocenters. The third kappa shape index (κ3) is 2.30. The van der Waals surface area contributed by atoms with Crippen LogP contribution in [0.4, 0.5) is 0 Å². The van der Waals surface area contributed by atoms with Crippen molar-refractivity contribution in [1.82, 2.24) is 4.90 Å². The molecular weight excluding hydrogens is 216 g/mol. The molecule has 1 aliphatic heterocycles. The number of carbonyl (C=O) groups is 2. The van der Waals surface area contributed by atoms with E-state index in [1.54, 1.807) is 4.90 Å². The molecule has 1 saturated heterocycles. The van der Waals surface area contributed by atoms with Crippen molar-refractivity contribution in [2.45, 2.75) is 12.8 Å². The molecule has 2 amide bonds. The van der Waals surface area contributed by atoms with E-state index in [1.165, 1.54) is 0 Å². The molecule has 2 N–H and O–H groups in total. The van der Waals surface area contributed by atoms with Gasteiger partial charge in [-0.25, -0.2) is 0 Å². The van der Waals surface area contributed by atoms with E-state index in [0.717, 1.165) is 5.56 Å². The third-order valence-electron chi connectivity index (χ3n) is 3.30. The first-order chi connectivity index (χ1) is 8.09. The molecule has 0 radical (unpaired) electrons. The zero-order chi connectivity index (χ0) is 12.4. The number of hydrogen-bond acceptors (Lipinski definition) is 2. The molecule has 0 saturated carbocycles. The highest BCUT2D eigenvalue weighted by molar-refractivity contribution is 5.87. The summed E-state index contributed by atoms with van der Waals surface area (Å²) in [5.41, 5.74) is 6.27. The zero-order valence-corrected chi connectivity index (χ0v) is 9.80. The lowest BCUT2D eigenvalue weighted by molar-refractivity contribution is -0.134. The number of primary amides is 1. The summed E-state index contributed by atoms with van der Waals surface area (Å²) < 4.78 is 0. The van der Waals surface area contributed by atoms with Gasteiger partial charge in [-0.05, 0) is 5.56 Å². The molecule has 0 bridgehead atoms. The molecule has 2 rings (SSSR count). The Kier molecular flexibility index (Phi) is 3.13. The van der Waals surface area contributed by atoms with Crippen LogP contribution in [0.3, 0.4) is 0 Å². The van der Waals surface area contributed by atoms with Crippen molar-refractivity contribution in [1.29, 1.82) is 0 Å². The number of likely N-dealkylation sites (tertiary alicyclic amines) is 1. The SMILES string of the molecule is CC1C(=O)N(CC(N)=O)CC1c1ccccc1. The highest BCUT2D eigenvalue weighted by atomic mass is 16.2. The fourth-order valence-corrected chi connectivity index (χ4v) is 2.37. The molecular formula is C13H16N2O2. The summed E-state index contributed by atoms with van der Waals surface area (Å²) in [6.45, 7) is 2.50. The third-order valence-corrected chi connectivity index (χ3v) is 3.30. The molecule has 1 aromatic rings. The van der Waals surface area contributed by atoms with Gasteiger partial charge in [-0.15, -0.1) is 0 Å². The van der Waals surface area contributed by atoms with E-state index in [4.69, 9.17) is 5.73 Å². The number of benzene rings is 1. The first-order valence-electron chi connectivity index (χ1n) is 5.71. The van der Waals surface area contributed by atoms with E-state index in [9.17, 15) is 9.59 Å². The van der Waals surface area contributed by atoms with Crippen molar-refractivity contribution in [3.63, 3.8) is 0 Å². The molecule has 90 valence electrons. The first-order valence-corrected chi connectivity index (χ1v) is 5.71. The maximum atomic E-state index is 11.9. The Morgan fingerprint density at radius 3 is 2.65 bits per heavy atom. The van der Waals surface area contributed by atoms with Gasteiger partial charge in [-0.3, -0.25) is 9.59 Å². The minimum Gasteiger partial charge on any atom is -0.368 e. The van der Waals surface area contributed by atoms with Crippen molar-refractivity contribution in [2.75, 3.05) is 13.1 Å². The minimum atomic E-state index is -0.459. The first kappa shape index (κ1) is 11.6. The zero-order valence-electron chi connectivity index (χ0n) is 9.80. The van der Waals surface area contributed by atoms with Crippen LogP contribution in [0.5, 0.6) is 0 Å². The van der Waals surface area contributed by atoms with Gasteiger partial charge in [0.1, 0.15) is 0 Å². The smallest absolute Gasteiger partial charge is 0.237 e. The lowest BCUT2D eigenvalue weighted by atomic mass is 9.90. The Bertz CT molecular complexity index is 430. The highest BCUT2D eigenvalue weighted by Gasteiger charge is 2.38. The second-order valence-corrected chi connectivity index (χ2v) is 4.49. The van der Waals surface area contributed by atoms with Crippen LogP contribution >= 0.6 is 0 Å². The van der Waals surface area contributed by atoms with Gasteiger partial charge < -0.3 is 10.6 Å². The van der Waals surface area contributed by atoms with Gasteiger partial charge in [0.05, 0.1) is 6.54 Å². The Morgan fingerprint density at radius 2 is 2.06 bits per heavy atom. The summed E-state index contributed by atoms with van der Waals surface area (Å²) in [7, 11) is 0. The summed E-state index contributed by atoms with van der Waals surface area (Å²) >= 11 is 0. The van der Waals surface area contributed by atoms with Crippen LogP contribution in [0, 0.1) is 5.92 Å². The monoisotopic (exact) mass is 232 g/mol. The summed E-state index contributed by atoms with van der Waals surface area (Å²) in [5, 5.41) is 0. The van der Waals surface area contributed by atoms with E-state index in [1.807, 2.05) is 37.3 Å². The Balaban J connectivity index is 2.17. The molecule has 1 aliphatic rings. The summed E-state index contributed by atoms with van der Waals surface area (Å²) in [6.07, 6.45) is 0. The second-order valence-electron chi connectivity index (χ2n) is 4.49. The average molecular weight is 232 g/mol. The molecule has 1 fully saturated rings. The fraction of sp³-hybridized carbons (Fsp3) is 0.385. The molecule has 2 unspecified atom stereocenters. The van der Waals surface area contributed by atoms with E-state index in [0.29, 0.717) is 6.54 Å². The van der Waals surface area contributed by atoms with E-state index < -0.39 is 5.91 Å². The van der Waals surface area contributed by atoms with Gasteiger partial charge in [0.25, 0.3) is 0 Å². The average Bonchev–Trinajstić information content (AvgIpc) is 2.58. The largest absolute Gasteiger partial charge is 0.368 e. The van der Waals surface area contributed by atoms with Crippen LogP contribution in [-0.2, 0) is 9.59 Å². The lowest BCUT2D eigenvalue weighted by Gasteiger charge is -2.14. The number of nitrogens with two attached hydrogens (primary N) is 1. The molecule has 1 aromatic carbocycles. The van der Waals surface area contributed by atoms with E-state index in [2.05, 4.69) is 0 Å². The maximum absolute atomic E-state index is 11.9. The lowest BCUT2D eigenvalue weighted by Crippen LogP contribution is -2.35. The van der Waals surface area contributed by atoms with E-state index in [-0.39, 0.29) is 24.3 Å². The van der Waals surface area contributed by atoms with Crippen molar-refractivity contribution in [3.05, 3.63) is 35.9 Å². The summed E-state index contributed by atoms with van der Waals surface area (Å²) in [6, 6.07) is 9.91. The fourth-order valence-electron chi connectivity index (χ4n) is 2.37. The van der Waals surface area contributed by atoms with Crippen molar-refractivity contribution in [3.8, 4) is 0 Å². The van der Waals surface area contributed by atoms with Crippen molar-refractivity contribution < 1.29 is 9.59 Å². The normalized spacial score (nSPS) is 24.1. The number of amides is 2. The number of nitrogens with zero attached hydrogens (tertiary/aromatic N) is 1. The highest BCUT2D eigenvalue weighted by Crippen LogP contribution is 2.32. The standard InChI is InChI=1S/C13H16N2O2/c1-9-11(10-5-3-2-4-6-10)7-15(13(9)17)8-12(14)16/h2-6,9,11H,7-8H2,1H3,(H2,14,16). The van der Waals surface area contributed by atoms with Gasteiger partial charge in [0, 0.05) is 18.4 Å². The van der Waals surface area contributed by atoms with Gasteiger partial charge in [0.2, 0.25) is 11.8 Å². The van der Waals surface area contributed by atoms with Gasteiger partial charge in [0.15, 0.2) is 0 Å². The van der Waals surface area contributed by atoms with E-state index >= 15 is 0 Å². The topological polar surface area (TPSA) is 63.4 Å². The van der Waals surface area contributed by atoms with Crippen LogP contribution in [0.15, 0.2) is 30.3 Å². The van der Waals surface area contributed by atoms with Crippen LogP contribution in [0.2, 0.25) is 0 Å². The maximum Gasteiger partial charge on any atom is 0.237 e. The molecule has 0 spiro atoms. The quantitative estimate of drug-likeness (QED) is 0.835. The number of hydrogen-bond donors (Lipinski definition) is 1. The Hall–Kier alpha value is -1.84. The van der Waals surface area contributed by atoms with Crippen molar-refractivity contribution >= 4 is 11.8 Å². The molecule has 17 heavy (non-hydrogen) atoms. The second kappa shape index (κ2) is 4.57. The molecule has 4 nitrogen and oxygen atoms in total.